The van der Waals surface area contributed by atoms with Crippen molar-refractivity contribution in [3.8, 4) is 33.9 Å². The lowest BCUT2D eigenvalue weighted by Crippen LogP contribution is -2.11. The molecule has 0 bridgehead atoms. The molecule has 6 aromatic rings. The van der Waals surface area contributed by atoms with E-state index in [0.717, 1.165) is 57.0 Å². The minimum absolute atomic E-state index is 0.0333. The predicted octanol–water partition coefficient (Wildman–Crippen LogP) is 6.81. The Morgan fingerprint density at radius 1 is 1.03 bits per heavy atom. The Bertz CT molecular complexity index is 1820. The zero-order valence-electron chi connectivity index (χ0n) is 21.5. The van der Waals surface area contributed by atoms with Crippen LogP contribution in [-0.2, 0) is 4.79 Å². The fourth-order valence-electron chi connectivity index (χ4n) is 4.73. The van der Waals surface area contributed by atoms with Gasteiger partial charge in [0.15, 0.2) is 5.82 Å². The molecule has 39 heavy (non-hydrogen) atoms. The number of H-pyrrole nitrogens is 2. The van der Waals surface area contributed by atoms with E-state index in [1.54, 1.807) is 18.6 Å². The molecule has 6 rings (SSSR count). The summed E-state index contributed by atoms with van der Waals surface area (Å²) in [5.41, 5.74) is 7.49. The summed E-state index contributed by atoms with van der Waals surface area (Å²) in [5, 5.41) is 11.3. The molecule has 2 aromatic carbocycles. The molecule has 3 N–H and O–H groups in total. The first-order chi connectivity index (χ1) is 19.0. The maximum absolute atomic E-state index is 14.2. The standard InChI is InChI=1S/C30H26FN7O/c1-3-4-8-27(39)34-21-12-19(14-32-15-21)25-13-23-26(16-33-25)37-38-29(23)30-35-24-7-5-6-22(28(24)36-30)18-9-17(2)10-20(31)11-18/h5-7,9-16H,3-4,8H2,1-2H3,(H,34,39)(H,35,36)(H,37,38). The number of aromatic nitrogens is 6. The average molecular weight is 520 g/mol. The zero-order chi connectivity index (χ0) is 26.9. The Labute approximate surface area is 223 Å². The minimum Gasteiger partial charge on any atom is -0.337 e. The number of amides is 1. The minimum atomic E-state index is -0.282. The Balaban J connectivity index is 1.38. The molecule has 194 valence electrons. The number of hydrogen-bond acceptors (Lipinski definition) is 5. The Kier molecular flexibility index (Phi) is 6.32. The van der Waals surface area contributed by atoms with Crippen LogP contribution in [0.3, 0.4) is 0 Å². The summed E-state index contributed by atoms with van der Waals surface area (Å²) in [6, 6.07) is 14.6. The molecule has 0 saturated heterocycles. The first kappa shape index (κ1) is 24.4. The topological polar surface area (TPSA) is 112 Å². The van der Waals surface area contributed by atoms with Gasteiger partial charge in [0.05, 0.1) is 40.3 Å². The first-order valence-electron chi connectivity index (χ1n) is 12.8. The highest BCUT2D eigenvalue weighted by Gasteiger charge is 2.17. The van der Waals surface area contributed by atoms with Crippen LogP contribution in [0.25, 0.3) is 55.8 Å². The monoisotopic (exact) mass is 519 g/mol. The number of benzene rings is 2. The Hall–Kier alpha value is -4.92. The normalized spacial score (nSPS) is 11.4. The number of carbonyl (C=O) groups is 1. The van der Waals surface area contributed by atoms with E-state index in [2.05, 4.69) is 37.4 Å². The third-order valence-corrected chi connectivity index (χ3v) is 6.61. The number of halogens is 1. The van der Waals surface area contributed by atoms with Crippen LogP contribution in [0.2, 0.25) is 0 Å². The van der Waals surface area contributed by atoms with Gasteiger partial charge in [-0.05, 0) is 54.8 Å². The van der Waals surface area contributed by atoms with Gasteiger partial charge in [-0.1, -0.05) is 31.5 Å². The van der Waals surface area contributed by atoms with Gasteiger partial charge in [0.1, 0.15) is 11.5 Å². The number of pyridine rings is 2. The number of imidazole rings is 1. The van der Waals surface area contributed by atoms with E-state index < -0.39 is 0 Å². The number of anilines is 1. The van der Waals surface area contributed by atoms with Crippen LogP contribution < -0.4 is 5.32 Å². The number of para-hydroxylation sites is 1. The second-order valence-corrected chi connectivity index (χ2v) is 9.61. The highest BCUT2D eigenvalue weighted by Crippen LogP contribution is 2.33. The molecule has 4 aromatic heterocycles. The van der Waals surface area contributed by atoms with E-state index in [-0.39, 0.29) is 11.7 Å². The number of rotatable bonds is 7. The van der Waals surface area contributed by atoms with Crippen molar-refractivity contribution in [3.63, 3.8) is 0 Å². The van der Waals surface area contributed by atoms with Gasteiger partial charge in [0, 0.05) is 29.1 Å². The lowest BCUT2D eigenvalue weighted by atomic mass is 10.0. The number of unbranched alkanes of at least 4 members (excludes halogenated alkanes) is 1. The highest BCUT2D eigenvalue weighted by molar-refractivity contribution is 5.98. The van der Waals surface area contributed by atoms with Crippen LogP contribution in [0.5, 0.6) is 0 Å². The second-order valence-electron chi connectivity index (χ2n) is 9.61. The van der Waals surface area contributed by atoms with Gasteiger partial charge in [-0.25, -0.2) is 9.37 Å². The summed E-state index contributed by atoms with van der Waals surface area (Å²) in [7, 11) is 0. The maximum atomic E-state index is 14.2. The number of aromatic amines is 2. The van der Waals surface area contributed by atoms with Gasteiger partial charge >= 0.3 is 0 Å². The summed E-state index contributed by atoms with van der Waals surface area (Å²) in [5.74, 6) is 0.271. The molecule has 0 fully saturated rings. The summed E-state index contributed by atoms with van der Waals surface area (Å²) in [6.07, 6.45) is 7.33. The Morgan fingerprint density at radius 3 is 2.77 bits per heavy atom. The summed E-state index contributed by atoms with van der Waals surface area (Å²) in [4.78, 5) is 29.3. The largest absolute Gasteiger partial charge is 0.337 e. The van der Waals surface area contributed by atoms with Crippen molar-refractivity contribution in [2.45, 2.75) is 33.1 Å². The maximum Gasteiger partial charge on any atom is 0.224 e. The molecule has 8 nitrogen and oxygen atoms in total. The fourth-order valence-corrected chi connectivity index (χ4v) is 4.73. The molecule has 1 amide bonds. The van der Waals surface area contributed by atoms with Crippen LogP contribution in [-0.4, -0.2) is 36.0 Å². The zero-order valence-corrected chi connectivity index (χ0v) is 21.5. The predicted molar refractivity (Wildman–Crippen MR) is 150 cm³/mol. The van der Waals surface area contributed by atoms with Gasteiger partial charge in [-0.2, -0.15) is 5.10 Å². The van der Waals surface area contributed by atoms with E-state index in [9.17, 15) is 9.18 Å². The summed E-state index contributed by atoms with van der Waals surface area (Å²) >= 11 is 0. The van der Waals surface area contributed by atoms with Crippen LogP contribution in [0.15, 0.2) is 67.1 Å². The van der Waals surface area contributed by atoms with Crippen molar-refractivity contribution in [1.29, 1.82) is 0 Å². The number of carbonyl (C=O) groups excluding carboxylic acids is 1. The second kappa shape index (κ2) is 10.1. The third kappa shape index (κ3) is 4.86. The van der Waals surface area contributed by atoms with E-state index >= 15 is 0 Å². The molecule has 9 heteroatoms. The molecule has 0 atom stereocenters. The first-order valence-corrected chi connectivity index (χ1v) is 12.8. The number of fused-ring (bicyclic) bond motifs is 2. The molecule has 0 spiro atoms. The number of aryl methyl sites for hydroxylation is 1. The van der Waals surface area contributed by atoms with Crippen LogP contribution in [0.1, 0.15) is 31.7 Å². The summed E-state index contributed by atoms with van der Waals surface area (Å²) < 4.78 is 14.2. The van der Waals surface area contributed by atoms with Crippen molar-refractivity contribution in [1.82, 2.24) is 30.1 Å². The smallest absolute Gasteiger partial charge is 0.224 e. The highest BCUT2D eigenvalue weighted by atomic mass is 19.1. The molecule has 0 aliphatic carbocycles. The SMILES string of the molecule is CCCCC(=O)Nc1cncc(-c2cc3c(-c4nc5c(-c6cc(C)cc(F)c6)cccc5[nH]4)n[nH]c3cn2)c1. The molecule has 0 aliphatic heterocycles. The molecule has 4 heterocycles. The van der Waals surface area contributed by atoms with Gasteiger partial charge < -0.3 is 10.3 Å². The lowest BCUT2D eigenvalue weighted by molar-refractivity contribution is -0.116. The quantitative estimate of drug-likeness (QED) is 0.215. The number of nitrogens with zero attached hydrogens (tertiary/aromatic N) is 4. The van der Waals surface area contributed by atoms with Crippen LogP contribution in [0, 0.1) is 12.7 Å². The molecule has 0 radical (unpaired) electrons. The van der Waals surface area contributed by atoms with Crippen molar-refractivity contribution in [2.24, 2.45) is 0 Å². The van der Waals surface area contributed by atoms with Crippen molar-refractivity contribution >= 4 is 33.5 Å². The summed E-state index contributed by atoms with van der Waals surface area (Å²) in [6.45, 7) is 3.92. The molecular formula is C30H26FN7O. The Morgan fingerprint density at radius 2 is 1.92 bits per heavy atom. The average Bonchev–Trinajstić information content (AvgIpc) is 3.55. The van der Waals surface area contributed by atoms with Gasteiger partial charge in [0.25, 0.3) is 0 Å². The van der Waals surface area contributed by atoms with Crippen molar-refractivity contribution in [3.05, 3.63) is 78.5 Å². The van der Waals surface area contributed by atoms with Crippen LogP contribution in [0.4, 0.5) is 10.1 Å². The number of hydrogen-bond donors (Lipinski definition) is 3. The van der Waals surface area contributed by atoms with Gasteiger partial charge in [0.2, 0.25) is 5.91 Å². The molecule has 0 unspecified atom stereocenters. The van der Waals surface area contributed by atoms with E-state index in [1.165, 1.54) is 12.1 Å². The molecule has 0 aliphatic rings. The fraction of sp³-hybridized carbons (Fsp3) is 0.167. The van der Waals surface area contributed by atoms with E-state index in [0.29, 0.717) is 29.3 Å². The van der Waals surface area contributed by atoms with Crippen LogP contribution >= 0.6 is 0 Å². The van der Waals surface area contributed by atoms with E-state index in [1.807, 2.05) is 43.3 Å². The van der Waals surface area contributed by atoms with Crippen molar-refractivity contribution < 1.29 is 9.18 Å². The molecule has 0 saturated carbocycles. The van der Waals surface area contributed by atoms with Gasteiger partial charge in [-0.3, -0.25) is 19.9 Å². The molecular weight excluding hydrogens is 493 g/mol. The van der Waals surface area contributed by atoms with Gasteiger partial charge in [-0.15, -0.1) is 0 Å². The lowest BCUT2D eigenvalue weighted by Gasteiger charge is -2.07. The van der Waals surface area contributed by atoms with Crippen molar-refractivity contribution in [2.75, 3.05) is 5.32 Å². The third-order valence-electron chi connectivity index (χ3n) is 6.61. The van der Waals surface area contributed by atoms with E-state index in [4.69, 9.17) is 4.98 Å². The number of nitrogens with one attached hydrogen (secondary N) is 3.